The quantitative estimate of drug-likeness (QED) is 0.859. The van der Waals surface area contributed by atoms with Crippen molar-refractivity contribution in [3.05, 3.63) is 65.7 Å². The molecule has 124 valence electrons. The molecule has 2 aromatic carbocycles. The van der Waals surface area contributed by atoms with Crippen molar-refractivity contribution in [3.8, 4) is 0 Å². The van der Waals surface area contributed by atoms with Crippen molar-refractivity contribution in [1.82, 2.24) is 4.90 Å². The van der Waals surface area contributed by atoms with Gasteiger partial charge in [-0.2, -0.15) is 0 Å². The molecule has 4 nitrogen and oxygen atoms in total. The summed E-state index contributed by atoms with van der Waals surface area (Å²) in [5.74, 6) is 0.0296. The number of amides is 1. The van der Waals surface area contributed by atoms with Gasteiger partial charge in [-0.1, -0.05) is 42.5 Å². The molecular weight excluding hydrogens is 300 g/mol. The number of hydrogen-bond acceptors (Lipinski definition) is 3. The van der Waals surface area contributed by atoms with Crippen LogP contribution < -0.4 is 5.32 Å². The first-order valence-corrected chi connectivity index (χ1v) is 8.30. The van der Waals surface area contributed by atoms with Crippen molar-refractivity contribution in [3.63, 3.8) is 0 Å². The number of hydrogen-bond donors (Lipinski definition) is 1. The molecule has 1 saturated heterocycles. The van der Waals surface area contributed by atoms with Crippen LogP contribution in [0, 0.1) is 5.92 Å². The molecule has 1 fully saturated rings. The van der Waals surface area contributed by atoms with Gasteiger partial charge in [0.15, 0.2) is 5.78 Å². The highest BCUT2D eigenvalue weighted by Crippen LogP contribution is 2.21. The van der Waals surface area contributed by atoms with Crippen LogP contribution in [0.3, 0.4) is 0 Å². The number of nitrogens with zero attached hydrogens (tertiary/aromatic N) is 1. The number of Topliss-reactive ketones (excluding diaryl/α,β-unsaturated/α-hetero) is 1. The van der Waals surface area contributed by atoms with Gasteiger partial charge in [0.05, 0.1) is 5.92 Å². The molecule has 1 amide bonds. The molecular formula is C20H22N2O2. The Labute approximate surface area is 142 Å². The van der Waals surface area contributed by atoms with Crippen LogP contribution in [-0.2, 0) is 11.3 Å². The van der Waals surface area contributed by atoms with Gasteiger partial charge >= 0.3 is 0 Å². The highest BCUT2D eigenvalue weighted by molar-refractivity contribution is 5.97. The van der Waals surface area contributed by atoms with E-state index in [0.717, 1.165) is 26.1 Å². The van der Waals surface area contributed by atoms with E-state index < -0.39 is 0 Å². The Kier molecular flexibility index (Phi) is 5.06. The monoisotopic (exact) mass is 322 g/mol. The van der Waals surface area contributed by atoms with Crippen LogP contribution in [0.5, 0.6) is 0 Å². The summed E-state index contributed by atoms with van der Waals surface area (Å²) in [6.07, 6.45) is 0.866. The fraction of sp³-hybridized carbons (Fsp3) is 0.300. The van der Waals surface area contributed by atoms with E-state index in [4.69, 9.17) is 0 Å². The Hall–Kier alpha value is -2.46. The maximum absolute atomic E-state index is 12.5. The SMILES string of the molecule is CC(=O)c1cccc(NC(=O)C2CCN(Cc3ccccc3)C2)c1. The van der Waals surface area contributed by atoms with Crippen LogP contribution in [0.2, 0.25) is 0 Å². The van der Waals surface area contributed by atoms with E-state index >= 15 is 0 Å². The molecule has 0 radical (unpaired) electrons. The molecule has 1 heterocycles. The van der Waals surface area contributed by atoms with Gasteiger partial charge in [-0.25, -0.2) is 0 Å². The number of ketones is 1. The third-order valence-corrected chi connectivity index (χ3v) is 4.43. The van der Waals surface area contributed by atoms with Crippen LogP contribution in [0.25, 0.3) is 0 Å². The van der Waals surface area contributed by atoms with Crippen molar-refractivity contribution >= 4 is 17.4 Å². The maximum atomic E-state index is 12.5. The summed E-state index contributed by atoms with van der Waals surface area (Å²) in [5, 5.41) is 2.95. The lowest BCUT2D eigenvalue weighted by Crippen LogP contribution is -2.27. The first-order chi connectivity index (χ1) is 11.6. The number of likely N-dealkylation sites (tertiary alicyclic amines) is 1. The summed E-state index contributed by atoms with van der Waals surface area (Å²) in [6, 6.07) is 17.4. The van der Waals surface area contributed by atoms with Crippen molar-refractivity contribution in [2.75, 3.05) is 18.4 Å². The van der Waals surface area contributed by atoms with E-state index in [1.54, 1.807) is 18.2 Å². The second-order valence-corrected chi connectivity index (χ2v) is 6.33. The Bertz CT molecular complexity index is 727. The predicted molar refractivity (Wildman–Crippen MR) is 94.9 cm³/mol. The fourth-order valence-electron chi connectivity index (χ4n) is 3.09. The number of carbonyl (C=O) groups is 2. The number of anilines is 1. The molecule has 2 aromatic rings. The maximum Gasteiger partial charge on any atom is 0.228 e. The molecule has 1 unspecified atom stereocenters. The third-order valence-electron chi connectivity index (χ3n) is 4.43. The van der Waals surface area contributed by atoms with Crippen molar-refractivity contribution < 1.29 is 9.59 Å². The lowest BCUT2D eigenvalue weighted by Gasteiger charge is -2.16. The average molecular weight is 322 g/mol. The van der Waals surface area contributed by atoms with Gasteiger partial charge in [0, 0.05) is 24.3 Å². The molecule has 0 aliphatic carbocycles. The number of rotatable bonds is 5. The van der Waals surface area contributed by atoms with Crippen LogP contribution in [0.4, 0.5) is 5.69 Å². The summed E-state index contributed by atoms with van der Waals surface area (Å²) >= 11 is 0. The third kappa shape index (κ3) is 4.09. The molecule has 24 heavy (non-hydrogen) atoms. The van der Waals surface area contributed by atoms with Gasteiger partial charge in [0.1, 0.15) is 0 Å². The van der Waals surface area contributed by atoms with E-state index in [1.807, 2.05) is 24.3 Å². The molecule has 1 aliphatic heterocycles. The van der Waals surface area contributed by atoms with Gasteiger partial charge in [0.25, 0.3) is 0 Å². The van der Waals surface area contributed by atoms with Crippen LogP contribution in [0.15, 0.2) is 54.6 Å². The minimum Gasteiger partial charge on any atom is -0.326 e. The Morgan fingerprint density at radius 2 is 1.92 bits per heavy atom. The van der Waals surface area contributed by atoms with Crippen LogP contribution >= 0.6 is 0 Å². The Morgan fingerprint density at radius 3 is 2.67 bits per heavy atom. The molecule has 0 saturated carbocycles. The normalized spacial score (nSPS) is 17.6. The molecule has 3 rings (SSSR count). The standard InChI is InChI=1S/C20H22N2O2/c1-15(23)17-8-5-9-19(12-17)21-20(24)18-10-11-22(14-18)13-16-6-3-2-4-7-16/h2-9,12,18H,10-11,13-14H2,1H3,(H,21,24). The number of carbonyl (C=O) groups excluding carboxylic acids is 2. The van der Waals surface area contributed by atoms with E-state index in [1.165, 1.54) is 12.5 Å². The minimum absolute atomic E-state index is 0.000927. The minimum atomic E-state index is -0.00491. The zero-order valence-corrected chi connectivity index (χ0v) is 13.9. The highest BCUT2D eigenvalue weighted by Gasteiger charge is 2.28. The van der Waals surface area contributed by atoms with E-state index in [0.29, 0.717) is 11.3 Å². The molecule has 1 N–H and O–H groups in total. The highest BCUT2D eigenvalue weighted by atomic mass is 16.2. The summed E-state index contributed by atoms with van der Waals surface area (Å²) in [7, 11) is 0. The van der Waals surface area contributed by atoms with Gasteiger partial charge < -0.3 is 5.32 Å². The first kappa shape index (κ1) is 16.4. The molecule has 1 aliphatic rings. The van der Waals surface area contributed by atoms with Gasteiger partial charge in [-0.05, 0) is 37.6 Å². The summed E-state index contributed by atoms with van der Waals surface area (Å²) < 4.78 is 0. The van der Waals surface area contributed by atoms with Gasteiger partial charge in [0.2, 0.25) is 5.91 Å². The van der Waals surface area contributed by atoms with Crippen molar-refractivity contribution in [2.45, 2.75) is 19.9 Å². The van der Waals surface area contributed by atoms with Crippen LogP contribution in [-0.4, -0.2) is 29.7 Å². The first-order valence-electron chi connectivity index (χ1n) is 8.30. The second kappa shape index (κ2) is 7.41. The van der Waals surface area contributed by atoms with E-state index in [-0.39, 0.29) is 17.6 Å². The van der Waals surface area contributed by atoms with E-state index in [9.17, 15) is 9.59 Å². The fourth-order valence-corrected chi connectivity index (χ4v) is 3.09. The van der Waals surface area contributed by atoms with Crippen LogP contribution in [0.1, 0.15) is 29.3 Å². The largest absolute Gasteiger partial charge is 0.326 e. The Balaban J connectivity index is 1.56. The zero-order valence-electron chi connectivity index (χ0n) is 13.9. The van der Waals surface area contributed by atoms with Crippen molar-refractivity contribution in [2.24, 2.45) is 5.92 Å². The Morgan fingerprint density at radius 1 is 1.12 bits per heavy atom. The molecule has 0 bridgehead atoms. The summed E-state index contributed by atoms with van der Waals surface area (Å²) in [6.45, 7) is 4.11. The smallest absolute Gasteiger partial charge is 0.228 e. The van der Waals surface area contributed by atoms with Gasteiger partial charge in [-0.3, -0.25) is 14.5 Å². The topological polar surface area (TPSA) is 49.4 Å². The van der Waals surface area contributed by atoms with Gasteiger partial charge in [-0.15, -0.1) is 0 Å². The molecule has 0 aromatic heterocycles. The molecule has 4 heteroatoms. The predicted octanol–water partition coefficient (Wildman–Crippen LogP) is 3.35. The summed E-state index contributed by atoms with van der Waals surface area (Å²) in [4.78, 5) is 26.2. The molecule has 0 spiro atoms. The summed E-state index contributed by atoms with van der Waals surface area (Å²) in [5.41, 5.74) is 2.58. The lowest BCUT2D eigenvalue weighted by molar-refractivity contribution is -0.119. The number of benzene rings is 2. The lowest BCUT2D eigenvalue weighted by atomic mass is 10.1. The van der Waals surface area contributed by atoms with E-state index in [2.05, 4.69) is 22.3 Å². The molecule has 1 atom stereocenters. The second-order valence-electron chi connectivity index (χ2n) is 6.33. The number of nitrogens with one attached hydrogen (secondary N) is 1. The average Bonchev–Trinajstić information content (AvgIpc) is 3.04. The zero-order chi connectivity index (χ0) is 16.9. The van der Waals surface area contributed by atoms with Crippen molar-refractivity contribution in [1.29, 1.82) is 0 Å².